The van der Waals surface area contributed by atoms with E-state index < -0.39 is 17.8 Å². The Morgan fingerprint density at radius 1 is 1.17 bits per heavy atom. The number of likely N-dealkylation sites (tertiary alicyclic amines) is 1. The number of piperidine rings is 1. The van der Waals surface area contributed by atoms with Crippen LogP contribution < -0.4 is 4.90 Å². The highest BCUT2D eigenvalue weighted by Crippen LogP contribution is 2.53. The van der Waals surface area contributed by atoms with Gasteiger partial charge in [-0.2, -0.15) is 13.2 Å². The van der Waals surface area contributed by atoms with Crippen molar-refractivity contribution in [3.8, 4) is 0 Å². The van der Waals surface area contributed by atoms with Crippen LogP contribution in [0.3, 0.4) is 0 Å². The number of hydrogen-bond acceptors (Lipinski definition) is 5. The first kappa shape index (κ1) is 25.8. The number of benzene rings is 1. The molecule has 4 rings (SSSR count). The van der Waals surface area contributed by atoms with Gasteiger partial charge in [0.05, 0.1) is 11.7 Å². The Hall–Kier alpha value is -2.33. The predicted octanol–water partition coefficient (Wildman–Crippen LogP) is 2.44. The van der Waals surface area contributed by atoms with Crippen LogP contribution in [0.4, 0.5) is 18.9 Å². The minimum absolute atomic E-state index is 0.100. The van der Waals surface area contributed by atoms with E-state index in [2.05, 4.69) is 4.90 Å². The molecule has 2 heterocycles. The van der Waals surface area contributed by atoms with Crippen molar-refractivity contribution in [2.45, 2.75) is 50.4 Å². The highest BCUT2D eigenvalue weighted by atomic mass is 19.4. The summed E-state index contributed by atoms with van der Waals surface area (Å²) >= 11 is 0. The van der Waals surface area contributed by atoms with Crippen molar-refractivity contribution in [2.75, 3.05) is 58.3 Å². The summed E-state index contributed by atoms with van der Waals surface area (Å²) in [4.78, 5) is 33.2. The van der Waals surface area contributed by atoms with Gasteiger partial charge in [-0.25, -0.2) is 0 Å². The van der Waals surface area contributed by atoms with Crippen molar-refractivity contribution < 1.29 is 27.9 Å². The van der Waals surface area contributed by atoms with E-state index >= 15 is 0 Å². The molecule has 2 amide bonds. The maximum Gasteiger partial charge on any atom is 0.416 e. The van der Waals surface area contributed by atoms with Gasteiger partial charge in [0.2, 0.25) is 11.8 Å². The molecule has 1 aliphatic carbocycles. The highest BCUT2D eigenvalue weighted by molar-refractivity contribution is 5.88. The molecule has 2 atom stereocenters. The van der Waals surface area contributed by atoms with Crippen molar-refractivity contribution >= 4 is 17.5 Å². The lowest BCUT2D eigenvalue weighted by molar-refractivity contribution is -0.144. The van der Waals surface area contributed by atoms with Gasteiger partial charge >= 0.3 is 6.18 Å². The smallest absolute Gasteiger partial charge is 0.391 e. The van der Waals surface area contributed by atoms with Crippen LogP contribution in [-0.2, 0) is 15.8 Å². The molecule has 194 valence electrons. The molecule has 2 aliphatic heterocycles. The molecule has 3 aliphatic rings. The van der Waals surface area contributed by atoms with Gasteiger partial charge in [0, 0.05) is 58.9 Å². The van der Waals surface area contributed by atoms with E-state index in [-0.39, 0.29) is 36.3 Å². The van der Waals surface area contributed by atoms with Crippen molar-refractivity contribution in [3.63, 3.8) is 0 Å². The molecule has 0 bridgehead atoms. The molecule has 2 unspecified atom stereocenters. The van der Waals surface area contributed by atoms with Gasteiger partial charge in [0.15, 0.2) is 0 Å². The number of aliphatic hydroxyl groups is 1. The average Bonchev–Trinajstić information content (AvgIpc) is 3.61. The second kappa shape index (κ2) is 9.97. The first-order valence-electron chi connectivity index (χ1n) is 12.3. The van der Waals surface area contributed by atoms with E-state index in [0.29, 0.717) is 38.3 Å². The first-order chi connectivity index (χ1) is 16.5. The van der Waals surface area contributed by atoms with Crippen LogP contribution in [0.15, 0.2) is 24.3 Å². The lowest BCUT2D eigenvalue weighted by atomic mass is 9.90. The minimum Gasteiger partial charge on any atom is -0.391 e. The Labute approximate surface area is 204 Å². The average molecular weight is 497 g/mol. The number of likely N-dealkylation sites (N-methyl/N-ethyl adjacent to an activating group) is 1. The lowest BCUT2D eigenvalue weighted by Crippen LogP contribution is -2.52. The zero-order valence-corrected chi connectivity index (χ0v) is 20.4. The standard InChI is InChI=1S/C25H35F3N4O3/c1-29(2)23(35)20(6-11-30-13-10-24(8-9-24)21(33)17-30)32-15-14-31(12-7-22(32)34)19-5-3-4-18(16-19)25(26,27)28/h3-5,16,20-21,33H,6-15,17H2,1-2H3. The van der Waals surface area contributed by atoms with Gasteiger partial charge in [-0.05, 0) is 55.8 Å². The largest absolute Gasteiger partial charge is 0.416 e. The van der Waals surface area contributed by atoms with E-state index in [0.717, 1.165) is 37.9 Å². The molecule has 2 saturated heterocycles. The van der Waals surface area contributed by atoms with Crippen LogP contribution in [0.5, 0.6) is 0 Å². The number of hydrogen-bond donors (Lipinski definition) is 1. The zero-order chi connectivity index (χ0) is 25.4. The summed E-state index contributed by atoms with van der Waals surface area (Å²) in [6.45, 7) is 2.94. The van der Waals surface area contributed by atoms with Crippen LogP contribution in [0.1, 0.15) is 37.7 Å². The summed E-state index contributed by atoms with van der Waals surface area (Å²) < 4.78 is 39.5. The molecule has 7 nitrogen and oxygen atoms in total. The SMILES string of the molecule is CN(C)C(=O)C(CCN1CCC2(CC2)C(O)C1)N1CCN(c2cccc(C(F)(F)F)c2)CCC1=O. The Balaban J connectivity index is 1.44. The van der Waals surface area contributed by atoms with Crippen molar-refractivity contribution in [1.82, 2.24) is 14.7 Å². The highest BCUT2D eigenvalue weighted by Gasteiger charge is 2.51. The summed E-state index contributed by atoms with van der Waals surface area (Å²) in [6, 6.07) is 4.49. The number of amides is 2. The molecular weight excluding hydrogens is 461 g/mol. The van der Waals surface area contributed by atoms with E-state index in [1.54, 1.807) is 30.0 Å². The van der Waals surface area contributed by atoms with Gasteiger partial charge in [0.1, 0.15) is 6.04 Å². The molecule has 35 heavy (non-hydrogen) atoms. The Morgan fingerprint density at radius 2 is 1.91 bits per heavy atom. The van der Waals surface area contributed by atoms with Crippen LogP contribution in [0.25, 0.3) is 0 Å². The molecule has 1 spiro atoms. The third kappa shape index (κ3) is 5.74. The maximum absolute atomic E-state index is 13.2. The Morgan fingerprint density at radius 3 is 2.54 bits per heavy atom. The molecule has 1 saturated carbocycles. The molecule has 10 heteroatoms. The Kier molecular flexibility index (Phi) is 7.33. The zero-order valence-electron chi connectivity index (χ0n) is 20.4. The lowest BCUT2D eigenvalue weighted by Gasteiger charge is -2.38. The van der Waals surface area contributed by atoms with Crippen LogP contribution in [-0.4, -0.2) is 97.1 Å². The van der Waals surface area contributed by atoms with Gasteiger partial charge in [-0.15, -0.1) is 0 Å². The van der Waals surface area contributed by atoms with Gasteiger partial charge < -0.3 is 24.7 Å². The molecule has 0 aromatic heterocycles. The fourth-order valence-corrected chi connectivity index (χ4v) is 5.35. The fraction of sp³-hybridized carbons (Fsp3) is 0.680. The van der Waals surface area contributed by atoms with Crippen LogP contribution >= 0.6 is 0 Å². The number of carbonyl (C=O) groups excluding carboxylic acids is 2. The van der Waals surface area contributed by atoms with Gasteiger partial charge in [-0.3, -0.25) is 9.59 Å². The number of carbonyl (C=O) groups is 2. The van der Waals surface area contributed by atoms with E-state index in [9.17, 15) is 27.9 Å². The van der Waals surface area contributed by atoms with Crippen molar-refractivity contribution in [1.29, 1.82) is 0 Å². The number of anilines is 1. The third-order valence-electron chi connectivity index (χ3n) is 7.84. The summed E-state index contributed by atoms with van der Waals surface area (Å²) in [6.07, 6.45) is -1.10. The molecule has 1 N–H and O–H groups in total. The third-order valence-corrected chi connectivity index (χ3v) is 7.84. The van der Waals surface area contributed by atoms with Crippen LogP contribution in [0.2, 0.25) is 0 Å². The van der Waals surface area contributed by atoms with Gasteiger partial charge in [-0.1, -0.05) is 6.07 Å². The first-order valence-corrected chi connectivity index (χ1v) is 12.3. The predicted molar refractivity (Wildman–Crippen MR) is 126 cm³/mol. The number of halogens is 3. The summed E-state index contributed by atoms with van der Waals surface area (Å²) in [5.74, 6) is -0.336. The van der Waals surface area contributed by atoms with Crippen molar-refractivity contribution in [2.24, 2.45) is 5.41 Å². The molecular formula is C25H35F3N4O3. The summed E-state index contributed by atoms with van der Waals surface area (Å²) in [5.41, 5.74) is -0.204. The van der Waals surface area contributed by atoms with Crippen molar-refractivity contribution in [3.05, 3.63) is 29.8 Å². The fourth-order valence-electron chi connectivity index (χ4n) is 5.35. The second-order valence-corrected chi connectivity index (χ2v) is 10.3. The minimum atomic E-state index is -4.44. The molecule has 3 fully saturated rings. The Bertz CT molecular complexity index is 935. The quantitative estimate of drug-likeness (QED) is 0.656. The number of rotatable bonds is 6. The second-order valence-electron chi connectivity index (χ2n) is 10.3. The number of β-amino-alcohol motifs (C(OH)–C–C–N with tert-alkyl or cyclic N) is 1. The molecule has 0 radical (unpaired) electrons. The van der Waals surface area contributed by atoms with Crippen LogP contribution in [0, 0.1) is 5.41 Å². The normalized spacial score (nSPS) is 23.8. The molecule has 1 aromatic carbocycles. The van der Waals surface area contributed by atoms with Gasteiger partial charge in [0.25, 0.3) is 0 Å². The molecule has 1 aromatic rings. The number of nitrogens with zero attached hydrogens (tertiary/aromatic N) is 4. The number of aliphatic hydroxyl groups excluding tert-OH is 1. The van der Waals surface area contributed by atoms with E-state index in [1.807, 2.05) is 0 Å². The van der Waals surface area contributed by atoms with E-state index in [4.69, 9.17) is 0 Å². The number of alkyl halides is 3. The summed E-state index contributed by atoms with van der Waals surface area (Å²) in [5, 5.41) is 10.5. The topological polar surface area (TPSA) is 67.3 Å². The maximum atomic E-state index is 13.2. The summed E-state index contributed by atoms with van der Waals surface area (Å²) in [7, 11) is 3.32. The monoisotopic (exact) mass is 496 g/mol. The van der Waals surface area contributed by atoms with E-state index in [1.165, 1.54) is 11.0 Å².